The third kappa shape index (κ3) is 1.46. The molecule has 1 heteroatoms. The van der Waals surface area contributed by atoms with E-state index >= 15 is 0 Å². The third-order valence-corrected chi connectivity index (χ3v) is 1.57. The Labute approximate surface area is 60.5 Å². The van der Waals surface area contributed by atoms with E-state index in [1.807, 2.05) is 25.1 Å². The molecule has 47 valence electrons. The van der Waals surface area contributed by atoms with Crippen molar-refractivity contribution in [2.24, 2.45) is 0 Å². The van der Waals surface area contributed by atoms with E-state index in [1.165, 1.54) is 5.56 Å². The van der Waals surface area contributed by atoms with Gasteiger partial charge in [-0.25, -0.2) is 0 Å². The third-order valence-electron chi connectivity index (χ3n) is 1.20. The zero-order chi connectivity index (χ0) is 6.85. The topological polar surface area (TPSA) is 0 Å². The van der Waals surface area contributed by atoms with Crippen molar-refractivity contribution in [3.63, 3.8) is 0 Å². The summed E-state index contributed by atoms with van der Waals surface area (Å²) >= 11 is 5.72. The molecular formula is C8H8Cl. The maximum Gasteiger partial charge on any atom is 0.0438 e. The Morgan fingerprint density at radius 3 is 2.56 bits per heavy atom. The van der Waals surface area contributed by atoms with Gasteiger partial charge in [-0.1, -0.05) is 29.3 Å². The zero-order valence-corrected chi connectivity index (χ0v) is 6.07. The zero-order valence-electron chi connectivity index (χ0n) is 5.32. The number of rotatable bonds is 0. The van der Waals surface area contributed by atoms with Gasteiger partial charge in [0, 0.05) is 5.02 Å². The highest BCUT2D eigenvalue weighted by Gasteiger charge is 1.91. The molecule has 0 aromatic heterocycles. The summed E-state index contributed by atoms with van der Waals surface area (Å²) in [6, 6.07) is 5.79. The maximum absolute atomic E-state index is 5.72. The van der Waals surface area contributed by atoms with Crippen LogP contribution in [0.25, 0.3) is 0 Å². The lowest BCUT2D eigenvalue weighted by atomic mass is 10.2. The minimum absolute atomic E-state index is 0.737. The summed E-state index contributed by atoms with van der Waals surface area (Å²) in [6.45, 7) is 5.77. The molecule has 0 heterocycles. The second kappa shape index (κ2) is 2.40. The van der Waals surface area contributed by atoms with Crippen LogP contribution in [0.1, 0.15) is 11.1 Å². The van der Waals surface area contributed by atoms with Crippen molar-refractivity contribution in [1.29, 1.82) is 0 Å². The molecule has 0 fully saturated rings. The van der Waals surface area contributed by atoms with Crippen LogP contribution in [-0.4, -0.2) is 0 Å². The van der Waals surface area contributed by atoms with Crippen molar-refractivity contribution in [2.45, 2.75) is 6.92 Å². The Morgan fingerprint density at radius 2 is 2.11 bits per heavy atom. The van der Waals surface area contributed by atoms with Gasteiger partial charge < -0.3 is 0 Å². The molecule has 0 aliphatic rings. The van der Waals surface area contributed by atoms with Crippen LogP contribution >= 0.6 is 11.6 Å². The molecule has 0 nitrogen and oxygen atoms in total. The minimum Gasteiger partial charge on any atom is -0.0840 e. The fraction of sp³-hybridized carbons (Fsp3) is 0.125. The summed E-state index contributed by atoms with van der Waals surface area (Å²) in [6.07, 6.45) is 0. The molecule has 0 atom stereocenters. The molecule has 0 saturated heterocycles. The van der Waals surface area contributed by atoms with Crippen LogP contribution in [0.4, 0.5) is 0 Å². The Bertz CT molecular complexity index is 216. The number of benzene rings is 1. The van der Waals surface area contributed by atoms with Crippen molar-refractivity contribution < 1.29 is 0 Å². The lowest BCUT2D eigenvalue weighted by molar-refractivity contribution is 1.44. The smallest absolute Gasteiger partial charge is 0.0438 e. The van der Waals surface area contributed by atoms with Crippen LogP contribution in [0, 0.1) is 13.8 Å². The van der Waals surface area contributed by atoms with E-state index in [9.17, 15) is 0 Å². The fourth-order valence-electron chi connectivity index (χ4n) is 0.704. The number of hydrogen-bond acceptors (Lipinski definition) is 0. The van der Waals surface area contributed by atoms with Gasteiger partial charge in [-0.2, -0.15) is 0 Å². The van der Waals surface area contributed by atoms with Crippen LogP contribution < -0.4 is 0 Å². The minimum atomic E-state index is 0.737. The van der Waals surface area contributed by atoms with Crippen molar-refractivity contribution in [1.82, 2.24) is 0 Å². The summed E-state index contributed by atoms with van der Waals surface area (Å²) in [4.78, 5) is 0. The fourth-order valence-corrected chi connectivity index (χ4v) is 0.821. The largest absolute Gasteiger partial charge is 0.0840 e. The number of halogens is 1. The van der Waals surface area contributed by atoms with E-state index in [1.54, 1.807) is 0 Å². The highest BCUT2D eigenvalue weighted by Crippen LogP contribution is 2.14. The Hall–Kier alpha value is -0.490. The summed E-state index contributed by atoms with van der Waals surface area (Å²) in [5.74, 6) is 0. The van der Waals surface area contributed by atoms with Crippen molar-refractivity contribution >= 4 is 11.6 Å². The lowest BCUT2D eigenvalue weighted by Gasteiger charge is -1.96. The van der Waals surface area contributed by atoms with Crippen LogP contribution in [0.2, 0.25) is 5.02 Å². The molecule has 0 aliphatic heterocycles. The second-order valence-electron chi connectivity index (χ2n) is 2.09. The van der Waals surface area contributed by atoms with E-state index in [0.717, 1.165) is 10.6 Å². The monoisotopic (exact) mass is 139 g/mol. The van der Waals surface area contributed by atoms with E-state index in [0.29, 0.717) is 0 Å². The normalized spacial score (nSPS) is 9.67. The van der Waals surface area contributed by atoms with Crippen LogP contribution in [0.15, 0.2) is 18.2 Å². The first-order valence-electron chi connectivity index (χ1n) is 2.78. The van der Waals surface area contributed by atoms with Gasteiger partial charge in [-0.05, 0) is 25.5 Å². The summed E-state index contributed by atoms with van der Waals surface area (Å²) in [5, 5.41) is 0.737. The molecule has 1 aromatic carbocycles. The molecular weight excluding hydrogens is 132 g/mol. The van der Waals surface area contributed by atoms with Crippen LogP contribution in [-0.2, 0) is 0 Å². The Kier molecular flexibility index (Phi) is 1.77. The maximum atomic E-state index is 5.72. The van der Waals surface area contributed by atoms with Gasteiger partial charge in [-0.15, -0.1) is 0 Å². The predicted octanol–water partition coefficient (Wildman–Crippen LogP) is 2.83. The van der Waals surface area contributed by atoms with Gasteiger partial charge in [-0.3, -0.25) is 0 Å². The second-order valence-corrected chi connectivity index (χ2v) is 2.50. The predicted molar refractivity (Wildman–Crippen MR) is 40.6 cm³/mol. The van der Waals surface area contributed by atoms with E-state index in [2.05, 4.69) is 6.92 Å². The lowest BCUT2D eigenvalue weighted by Crippen LogP contribution is -1.75. The van der Waals surface area contributed by atoms with Gasteiger partial charge >= 0.3 is 0 Å². The molecule has 0 N–H and O–H groups in total. The SMILES string of the molecule is [CH2]c1cc(C)ccc1Cl. The Balaban J connectivity index is 3.17. The van der Waals surface area contributed by atoms with Crippen molar-refractivity contribution in [3.8, 4) is 0 Å². The van der Waals surface area contributed by atoms with Crippen LogP contribution in [0.3, 0.4) is 0 Å². The average Bonchev–Trinajstić information content (AvgIpc) is 1.80. The van der Waals surface area contributed by atoms with Crippen molar-refractivity contribution in [2.75, 3.05) is 0 Å². The standard InChI is InChI=1S/C8H8Cl/c1-6-3-4-8(9)7(2)5-6/h3-5H,2H2,1H3. The van der Waals surface area contributed by atoms with Crippen LogP contribution in [0.5, 0.6) is 0 Å². The van der Waals surface area contributed by atoms with Gasteiger partial charge in [0.2, 0.25) is 0 Å². The molecule has 1 aromatic rings. The molecule has 1 rings (SSSR count). The molecule has 0 bridgehead atoms. The first-order chi connectivity index (χ1) is 4.20. The van der Waals surface area contributed by atoms with E-state index in [4.69, 9.17) is 11.6 Å². The van der Waals surface area contributed by atoms with Gasteiger partial charge in [0.05, 0.1) is 0 Å². The highest BCUT2D eigenvalue weighted by molar-refractivity contribution is 6.31. The average molecular weight is 140 g/mol. The van der Waals surface area contributed by atoms with Gasteiger partial charge in [0.25, 0.3) is 0 Å². The first-order valence-corrected chi connectivity index (χ1v) is 3.16. The quantitative estimate of drug-likeness (QED) is 0.519. The summed E-state index contributed by atoms with van der Waals surface area (Å²) < 4.78 is 0. The molecule has 0 spiro atoms. The van der Waals surface area contributed by atoms with Crippen molar-refractivity contribution in [3.05, 3.63) is 41.3 Å². The molecule has 0 amide bonds. The molecule has 0 aliphatic carbocycles. The van der Waals surface area contributed by atoms with E-state index < -0.39 is 0 Å². The first kappa shape index (κ1) is 6.63. The molecule has 0 unspecified atom stereocenters. The van der Waals surface area contributed by atoms with Gasteiger partial charge in [0.15, 0.2) is 0 Å². The summed E-state index contributed by atoms with van der Waals surface area (Å²) in [5.41, 5.74) is 2.10. The summed E-state index contributed by atoms with van der Waals surface area (Å²) in [7, 11) is 0. The molecule has 0 saturated carbocycles. The highest BCUT2D eigenvalue weighted by atomic mass is 35.5. The van der Waals surface area contributed by atoms with Gasteiger partial charge in [0.1, 0.15) is 0 Å². The molecule has 9 heavy (non-hydrogen) atoms. The number of aryl methyl sites for hydroxylation is 1. The van der Waals surface area contributed by atoms with E-state index in [-0.39, 0.29) is 0 Å². The Morgan fingerprint density at radius 1 is 1.44 bits per heavy atom. The number of hydrogen-bond donors (Lipinski definition) is 0. The molecule has 1 radical (unpaired) electrons.